The quantitative estimate of drug-likeness (QED) is 0.252. The third-order valence-corrected chi connectivity index (χ3v) is 8.17. The first-order valence-corrected chi connectivity index (χ1v) is 11.8. The highest BCUT2D eigenvalue weighted by Crippen LogP contribution is 2.52. The van der Waals surface area contributed by atoms with Crippen LogP contribution in [0, 0.1) is 23.7 Å². The van der Waals surface area contributed by atoms with Crippen LogP contribution < -0.4 is 11.5 Å². The molecule has 2 unspecified atom stereocenters. The Labute approximate surface area is 206 Å². The van der Waals surface area contributed by atoms with Crippen LogP contribution in [0.1, 0.15) is 34.3 Å². The molecule has 1 amide bonds. The van der Waals surface area contributed by atoms with E-state index in [2.05, 4.69) is 0 Å². The molecule has 0 aliphatic heterocycles. The molecule has 10 nitrogen and oxygen atoms in total. The van der Waals surface area contributed by atoms with Crippen molar-refractivity contribution in [2.75, 3.05) is 19.8 Å². The number of nitrogen functional groups attached to an aromatic ring is 1. The number of aromatic hydroxyl groups is 1. The van der Waals surface area contributed by atoms with Gasteiger partial charge >= 0.3 is 0 Å². The minimum atomic E-state index is -2.74. The predicted molar refractivity (Wildman–Crippen MR) is 128 cm³/mol. The molecule has 5 rings (SSSR count). The number of phenols is 1. The maximum absolute atomic E-state index is 13.8. The maximum Gasteiger partial charge on any atom is 0.235 e. The molecule has 0 heterocycles. The number of nitrogens with two attached hydrogens (primary N) is 2. The standard InChI is InChI=1S/C26H27N3O7/c1-29(2)19-14-8-11-7-13-12(10-5-3-4-6-10)9-15(27)20(30)17(13)21(31)16(11)23(33)26(14,36)24(34)18(22(19)32)25(28)35/h3,5-6,9,11,14,16,18-19,30,36H,4,7-8,27H2,1-2H3,(H2,28,35)/t11-,14-,16?,18?,19-,26-/m1/s1. The maximum atomic E-state index is 13.8. The van der Waals surface area contributed by atoms with Gasteiger partial charge in [0.05, 0.1) is 23.2 Å². The van der Waals surface area contributed by atoms with Gasteiger partial charge in [0.25, 0.3) is 0 Å². The molecule has 4 aliphatic carbocycles. The number of benzene rings is 1. The van der Waals surface area contributed by atoms with Crippen molar-refractivity contribution in [1.29, 1.82) is 0 Å². The van der Waals surface area contributed by atoms with Gasteiger partial charge in [0.15, 0.2) is 34.7 Å². The molecule has 0 bridgehead atoms. The van der Waals surface area contributed by atoms with Crippen molar-refractivity contribution < 1.29 is 34.2 Å². The number of phenolic OH excluding ortho intramolecular Hbond substituents is 1. The number of amides is 1. The minimum Gasteiger partial charge on any atom is -0.505 e. The lowest BCUT2D eigenvalue weighted by Gasteiger charge is -2.52. The van der Waals surface area contributed by atoms with Gasteiger partial charge in [-0.25, -0.2) is 0 Å². The molecule has 188 valence electrons. The van der Waals surface area contributed by atoms with Crippen molar-refractivity contribution in [2.45, 2.75) is 30.9 Å². The fourth-order valence-corrected chi connectivity index (χ4v) is 6.61. The number of hydrogen-bond donors (Lipinski definition) is 4. The molecule has 4 aliphatic rings. The Kier molecular flexibility index (Phi) is 5.31. The van der Waals surface area contributed by atoms with Crippen LogP contribution in [0.4, 0.5) is 5.69 Å². The highest BCUT2D eigenvalue weighted by Gasteiger charge is 2.69. The zero-order valence-electron chi connectivity index (χ0n) is 19.9. The minimum absolute atomic E-state index is 0.00333. The van der Waals surface area contributed by atoms with Crippen LogP contribution >= 0.6 is 0 Å². The molecule has 36 heavy (non-hydrogen) atoms. The monoisotopic (exact) mass is 493 g/mol. The zero-order valence-corrected chi connectivity index (χ0v) is 19.9. The van der Waals surface area contributed by atoms with E-state index in [-0.39, 0.29) is 24.1 Å². The number of rotatable bonds is 3. The summed E-state index contributed by atoms with van der Waals surface area (Å²) in [5.74, 6) is -10.8. The number of carbonyl (C=O) groups excluding carboxylic acids is 5. The van der Waals surface area contributed by atoms with Gasteiger partial charge in [-0.3, -0.25) is 28.9 Å². The predicted octanol–water partition coefficient (Wildman–Crippen LogP) is -0.207. The third-order valence-electron chi connectivity index (χ3n) is 8.17. The molecule has 0 radical (unpaired) electrons. The summed E-state index contributed by atoms with van der Waals surface area (Å²) in [7, 11) is 3.10. The highest BCUT2D eigenvalue weighted by molar-refractivity contribution is 6.32. The molecular weight excluding hydrogens is 466 g/mol. The number of likely N-dealkylation sites (N-methyl/N-ethyl adjacent to an activating group) is 1. The Morgan fingerprint density at radius 3 is 2.44 bits per heavy atom. The SMILES string of the molecule is CN(C)[C@H]1C(=O)C(C(N)=O)C(=O)[C@]2(O)C(=O)C3C(=O)c4c(O)c(N)cc(C5=CCC=C5)c4C[C@@H]3C[C@H]12. The van der Waals surface area contributed by atoms with Crippen molar-refractivity contribution in [1.82, 2.24) is 4.90 Å². The highest BCUT2D eigenvalue weighted by atomic mass is 16.3. The Hall–Kier alpha value is -3.63. The van der Waals surface area contributed by atoms with Gasteiger partial charge in [-0.15, -0.1) is 0 Å². The van der Waals surface area contributed by atoms with Crippen LogP contribution in [0.2, 0.25) is 0 Å². The average molecular weight is 494 g/mol. The number of primary amides is 1. The first-order chi connectivity index (χ1) is 16.9. The van der Waals surface area contributed by atoms with Crippen LogP contribution in [-0.4, -0.2) is 69.9 Å². The summed E-state index contributed by atoms with van der Waals surface area (Å²) >= 11 is 0. The zero-order chi connectivity index (χ0) is 26.3. The number of hydrogen-bond acceptors (Lipinski definition) is 9. The molecule has 0 aromatic heterocycles. The molecule has 2 saturated carbocycles. The van der Waals surface area contributed by atoms with Gasteiger partial charge in [0.1, 0.15) is 5.75 Å². The van der Waals surface area contributed by atoms with E-state index in [0.29, 0.717) is 17.5 Å². The van der Waals surface area contributed by atoms with Gasteiger partial charge in [-0.2, -0.15) is 0 Å². The molecule has 1 aromatic carbocycles. The van der Waals surface area contributed by atoms with E-state index in [9.17, 15) is 34.2 Å². The summed E-state index contributed by atoms with van der Waals surface area (Å²) in [6.45, 7) is 0. The first kappa shape index (κ1) is 24.1. The van der Waals surface area contributed by atoms with Crippen LogP contribution in [-0.2, 0) is 25.6 Å². The van der Waals surface area contributed by atoms with E-state index in [1.165, 1.54) is 4.90 Å². The molecule has 10 heteroatoms. The second-order valence-corrected chi connectivity index (χ2v) is 10.3. The van der Waals surface area contributed by atoms with Crippen molar-refractivity contribution in [3.8, 4) is 5.75 Å². The Bertz CT molecular complexity index is 1330. The van der Waals surface area contributed by atoms with E-state index in [1.54, 1.807) is 20.2 Å². The molecule has 6 atom stereocenters. The molecule has 0 saturated heterocycles. The lowest BCUT2D eigenvalue weighted by atomic mass is 9.52. The lowest BCUT2D eigenvalue weighted by Crippen LogP contribution is -2.74. The Morgan fingerprint density at radius 2 is 1.86 bits per heavy atom. The molecule has 6 N–H and O–H groups in total. The molecule has 2 fully saturated rings. The van der Waals surface area contributed by atoms with Crippen molar-refractivity contribution >= 4 is 40.3 Å². The van der Waals surface area contributed by atoms with E-state index in [1.807, 2.05) is 18.2 Å². The van der Waals surface area contributed by atoms with Gasteiger partial charge in [-0.05, 0) is 62.0 Å². The van der Waals surface area contributed by atoms with E-state index in [4.69, 9.17) is 11.5 Å². The summed E-state index contributed by atoms with van der Waals surface area (Å²) in [6, 6.07) is 0.462. The third kappa shape index (κ3) is 3.00. The van der Waals surface area contributed by atoms with Crippen molar-refractivity contribution in [3.63, 3.8) is 0 Å². The van der Waals surface area contributed by atoms with Crippen molar-refractivity contribution in [2.24, 2.45) is 29.4 Å². The number of nitrogens with zero attached hydrogens (tertiary/aromatic N) is 1. The Morgan fingerprint density at radius 1 is 1.17 bits per heavy atom. The summed E-state index contributed by atoms with van der Waals surface area (Å²) in [4.78, 5) is 67.5. The summed E-state index contributed by atoms with van der Waals surface area (Å²) in [6.07, 6.45) is 6.69. The van der Waals surface area contributed by atoms with E-state index < -0.39 is 70.1 Å². The van der Waals surface area contributed by atoms with Crippen molar-refractivity contribution in [3.05, 3.63) is 41.0 Å². The number of fused-ring (bicyclic) bond motifs is 3. The number of anilines is 1. The van der Waals surface area contributed by atoms with Crippen LogP contribution in [0.25, 0.3) is 5.57 Å². The van der Waals surface area contributed by atoms with Gasteiger partial charge in [0.2, 0.25) is 5.91 Å². The normalized spacial score (nSPS) is 33.3. The summed E-state index contributed by atoms with van der Waals surface area (Å²) in [5.41, 5.74) is 10.5. The topological polar surface area (TPSA) is 181 Å². The average Bonchev–Trinajstić information content (AvgIpc) is 3.33. The summed E-state index contributed by atoms with van der Waals surface area (Å²) < 4.78 is 0. The van der Waals surface area contributed by atoms with Gasteiger partial charge in [-0.1, -0.05) is 18.2 Å². The second kappa shape index (κ2) is 7.94. The summed E-state index contributed by atoms with van der Waals surface area (Å²) in [5, 5.41) is 22.3. The number of aliphatic hydroxyl groups is 1. The number of allylic oxidation sites excluding steroid dienone is 4. The fraction of sp³-hybridized carbons (Fsp3) is 0.423. The number of ketones is 4. The molecular formula is C26H27N3O7. The first-order valence-electron chi connectivity index (χ1n) is 11.8. The van der Waals surface area contributed by atoms with Crippen LogP contribution in [0.5, 0.6) is 5.75 Å². The van der Waals surface area contributed by atoms with Gasteiger partial charge in [0, 0.05) is 5.92 Å². The van der Waals surface area contributed by atoms with E-state index in [0.717, 1.165) is 5.57 Å². The second-order valence-electron chi connectivity index (χ2n) is 10.3. The smallest absolute Gasteiger partial charge is 0.235 e. The Balaban J connectivity index is 1.68. The number of carbonyl (C=O) groups is 5. The van der Waals surface area contributed by atoms with Crippen LogP contribution in [0.15, 0.2) is 24.3 Å². The lowest BCUT2D eigenvalue weighted by molar-refractivity contribution is -0.181. The molecule has 1 aromatic rings. The number of Topliss-reactive ketones (excluding diaryl/α,β-unsaturated/α-hetero) is 4. The molecule has 0 spiro atoms. The van der Waals surface area contributed by atoms with E-state index >= 15 is 0 Å². The van der Waals surface area contributed by atoms with Crippen LogP contribution in [0.3, 0.4) is 0 Å². The largest absolute Gasteiger partial charge is 0.505 e. The van der Waals surface area contributed by atoms with Gasteiger partial charge < -0.3 is 21.7 Å². The fourth-order valence-electron chi connectivity index (χ4n) is 6.61.